The second-order valence-electron chi connectivity index (χ2n) is 3.74. The monoisotopic (exact) mass is 288 g/mol. The molecule has 1 atom stereocenters. The number of aliphatic hydroxyl groups excluding tert-OH is 1. The lowest BCUT2D eigenvalue weighted by Crippen LogP contribution is -2.42. The maximum atomic E-state index is 13.3. The average Bonchev–Trinajstić information content (AvgIpc) is 2.25. The third-order valence-corrected chi connectivity index (χ3v) is 2.76. The van der Waals surface area contributed by atoms with Crippen molar-refractivity contribution >= 4 is 11.6 Å². The maximum Gasteiger partial charge on any atom is 0.453 e. The van der Waals surface area contributed by atoms with Crippen LogP contribution in [0.25, 0.3) is 0 Å². The highest BCUT2D eigenvalue weighted by Crippen LogP contribution is 2.47. The summed E-state index contributed by atoms with van der Waals surface area (Å²) in [6, 6.07) is 4.66. The number of alkyl halides is 5. The summed E-state index contributed by atoms with van der Waals surface area (Å²) in [7, 11) is 0. The summed E-state index contributed by atoms with van der Waals surface area (Å²) in [5, 5.41) is 8.89. The molecule has 0 aliphatic rings. The van der Waals surface area contributed by atoms with Gasteiger partial charge in [0.15, 0.2) is 0 Å². The molecule has 0 amide bonds. The van der Waals surface area contributed by atoms with Crippen LogP contribution in [0.4, 0.5) is 22.0 Å². The Morgan fingerprint density at radius 3 is 1.94 bits per heavy atom. The van der Waals surface area contributed by atoms with Crippen LogP contribution in [-0.4, -0.2) is 23.8 Å². The van der Waals surface area contributed by atoms with Crippen LogP contribution in [0.15, 0.2) is 24.3 Å². The molecule has 1 nitrogen and oxygen atoms in total. The Morgan fingerprint density at radius 2 is 1.56 bits per heavy atom. The lowest BCUT2D eigenvalue weighted by Gasteiger charge is -2.28. The van der Waals surface area contributed by atoms with E-state index in [1.165, 1.54) is 12.1 Å². The van der Waals surface area contributed by atoms with Gasteiger partial charge in [-0.3, -0.25) is 0 Å². The normalized spacial score (nSPS) is 14.6. The number of benzene rings is 1. The topological polar surface area (TPSA) is 20.2 Å². The molecule has 0 bridgehead atoms. The zero-order chi connectivity index (χ0) is 14.0. The van der Waals surface area contributed by atoms with Crippen LogP contribution >= 0.6 is 11.6 Å². The predicted molar refractivity (Wildman–Crippen MR) is 56.9 cm³/mol. The molecule has 0 aliphatic carbocycles. The van der Waals surface area contributed by atoms with E-state index < -0.39 is 31.0 Å². The summed E-state index contributed by atoms with van der Waals surface area (Å²) in [4.78, 5) is 0. The van der Waals surface area contributed by atoms with Gasteiger partial charge in [0, 0.05) is 11.6 Å². The van der Waals surface area contributed by atoms with Crippen molar-refractivity contribution < 1.29 is 27.1 Å². The molecule has 1 unspecified atom stereocenters. The van der Waals surface area contributed by atoms with Gasteiger partial charge in [-0.05, 0) is 24.1 Å². The van der Waals surface area contributed by atoms with E-state index in [1.807, 2.05) is 0 Å². The third kappa shape index (κ3) is 3.11. The van der Waals surface area contributed by atoms with Crippen LogP contribution in [0.2, 0.25) is 5.02 Å². The summed E-state index contributed by atoms with van der Waals surface area (Å²) in [6.45, 7) is -0.765. The molecule has 0 aliphatic heterocycles. The molecular weight excluding hydrogens is 279 g/mol. The van der Waals surface area contributed by atoms with E-state index in [0.717, 1.165) is 12.1 Å². The molecule has 0 spiro atoms. The summed E-state index contributed by atoms with van der Waals surface area (Å²) in [6.07, 6.45) is -6.35. The van der Waals surface area contributed by atoms with Gasteiger partial charge in [0.1, 0.15) is 0 Å². The number of aliphatic hydroxyl groups is 1. The van der Waals surface area contributed by atoms with Crippen molar-refractivity contribution in [2.45, 2.75) is 24.4 Å². The van der Waals surface area contributed by atoms with Gasteiger partial charge in [-0.1, -0.05) is 23.7 Å². The smallest absolute Gasteiger partial charge is 0.396 e. The molecule has 1 aromatic carbocycles. The molecule has 102 valence electrons. The SMILES string of the molecule is OCCC(c1ccc(Cl)cc1)C(F)(F)C(F)(F)F. The van der Waals surface area contributed by atoms with Gasteiger partial charge in [-0.25, -0.2) is 0 Å². The minimum Gasteiger partial charge on any atom is -0.396 e. The number of halogens is 6. The summed E-state index contributed by atoms with van der Waals surface area (Å²) >= 11 is 5.54. The van der Waals surface area contributed by atoms with Crippen LogP contribution in [-0.2, 0) is 0 Å². The quantitative estimate of drug-likeness (QED) is 0.830. The Kier molecular flexibility index (Phi) is 4.55. The van der Waals surface area contributed by atoms with Crippen LogP contribution in [0, 0.1) is 0 Å². The zero-order valence-corrected chi connectivity index (χ0v) is 9.77. The second kappa shape index (κ2) is 5.40. The first kappa shape index (κ1) is 15.2. The van der Waals surface area contributed by atoms with Crippen LogP contribution in [0.1, 0.15) is 17.9 Å². The van der Waals surface area contributed by atoms with Gasteiger partial charge in [0.05, 0.1) is 5.92 Å². The van der Waals surface area contributed by atoms with Crippen LogP contribution in [0.3, 0.4) is 0 Å². The molecule has 18 heavy (non-hydrogen) atoms. The lowest BCUT2D eigenvalue weighted by molar-refractivity contribution is -0.292. The van der Waals surface area contributed by atoms with Crippen molar-refractivity contribution in [3.05, 3.63) is 34.9 Å². The lowest BCUT2D eigenvalue weighted by atomic mass is 9.89. The highest BCUT2D eigenvalue weighted by atomic mass is 35.5. The highest BCUT2D eigenvalue weighted by Gasteiger charge is 2.62. The number of hydrogen-bond acceptors (Lipinski definition) is 1. The predicted octanol–water partition coefficient (Wildman–Crippen LogP) is 4.00. The van der Waals surface area contributed by atoms with Gasteiger partial charge in [-0.2, -0.15) is 22.0 Å². The molecule has 1 N–H and O–H groups in total. The second-order valence-corrected chi connectivity index (χ2v) is 4.17. The first-order valence-electron chi connectivity index (χ1n) is 5.01. The Bertz CT molecular complexity index is 387. The summed E-state index contributed by atoms with van der Waals surface area (Å²) < 4.78 is 63.5. The van der Waals surface area contributed by atoms with E-state index >= 15 is 0 Å². The standard InChI is InChI=1S/C11H10ClF5O/c12-8-3-1-7(2-4-8)9(5-6-18)10(13,14)11(15,16)17/h1-4,9,18H,5-6H2. The molecule has 0 saturated carbocycles. The van der Waals surface area contributed by atoms with Crippen molar-refractivity contribution in [1.82, 2.24) is 0 Å². The van der Waals surface area contributed by atoms with E-state index in [1.54, 1.807) is 0 Å². The third-order valence-electron chi connectivity index (χ3n) is 2.51. The van der Waals surface area contributed by atoms with Gasteiger partial charge in [0.25, 0.3) is 0 Å². The largest absolute Gasteiger partial charge is 0.453 e. The average molecular weight is 289 g/mol. The molecule has 0 heterocycles. The van der Waals surface area contributed by atoms with Gasteiger partial charge in [0.2, 0.25) is 0 Å². The molecule has 1 rings (SSSR count). The van der Waals surface area contributed by atoms with Crippen molar-refractivity contribution in [2.75, 3.05) is 6.61 Å². The summed E-state index contributed by atoms with van der Waals surface area (Å²) in [5.41, 5.74) is -0.212. The Morgan fingerprint density at radius 1 is 1.06 bits per heavy atom. The van der Waals surface area contributed by atoms with E-state index in [0.29, 0.717) is 0 Å². The minimum atomic E-state index is -5.66. The maximum absolute atomic E-state index is 13.3. The Balaban J connectivity index is 3.13. The fourth-order valence-electron chi connectivity index (χ4n) is 1.58. The van der Waals surface area contributed by atoms with Crippen molar-refractivity contribution in [1.29, 1.82) is 0 Å². The first-order valence-corrected chi connectivity index (χ1v) is 5.39. The molecule has 1 aromatic rings. The molecule has 0 fully saturated rings. The molecular formula is C11H10ClF5O. The Labute approximate surface area is 105 Å². The number of rotatable bonds is 4. The van der Waals surface area contributed by atoms with Gasteiger partial charge >= 0.3 is 12.1 Å². The fraction of sp³-hybridized carbons (Fsp3) is 0.455. The van der Waals surface area contributed by atoms with Gasteiger partial charge < -0.3 is 5.11 Å². The van der Waals surface area contributed by atoms with Crippen molar-refractivity contribution in [3.8, 4) is 0 Å². The van der Waals surface area contributed by atoms with E-state index in [2.05, 4.69) is 0 Å². The molecule has 0 radical (unpaired) electrons. The molecule has 0 aromatic heterocycles. The zero-order valence-electron chi connectivity index (χ0n) is 9.02. The van der Waals surface area contributed by atoms with Crippen molar-refractivity contribution in [3.63, 3.8) is 0 Å². The highest BCUT2D eigenvalue weighted by molar-refractivity contribution is 6.30. The fourth-order valence-corrected chi connectivity index (χ4v) is 1.71. The van der Waals surface area contributed by atoms with Crippen molar-refractivity contribution in [2.24, 2.45) is 0 Å². The van der Waals surface area contributed by atoms with Crippen LogP contribution < -0.4 is 0 Å². The molecule has 7 heteroatoms. The first-order chi connectivity index (χ1) is 8.20. The molecule has 0 saturated heterocycles. The minimum absolute atomic E-state index is 0.212. The van der Waals surface area contributed by atoms with Gasteiger partial charge in [-0.15, -0.1) is 0 Å². The Hall–Kier alpha value is -0.880. The van der Waals surface area contributed by atoms with E-state index in [4.69, 9.17) is 16.7 Å². The number of hydrogen-bond donors (Lipinski definition) is 1. The van der Waals surface area contributed by atoms with E-state index in [9.17, 15) is 22.0 Å². The van der Waals surface area contributed by atoms with Crippen LogP contribution in [0.5, 0.6) is 0 Å². The van der Waals surface area contributed by atoms with E-state index in [-0.39, 0.29) is 10.6 Å². The summed E-state index contributed by atoms with van der Waals surface area (Å²) in [5.74, 6) is -7.02.